The number of hydrogen-bond acceptors (Lipinski definition) is 5. The third-order valence-electron chi connectivity index (χ3n) is 4.57. The van der Waals surface area contributed by atoms with Crippen molar-refractivity contribution in [1.82, 2.24) is 4.98 Å². The lowest BCUT2D eigenvalue weighted by atomic mass is 10.0. The molecule has 0 fully saturated rings. The second-order valence-corrected chi connectivity index (χ2v) is 6.48. The van der Waals surface area contributed by atoms with E-state index < -0.39 is 18.5 Å². The number of fused-ring (bicyclic) bond motifs is 1. The van der Waals surface area contributed by atoms with Crippen LogP contribution in [0.1, 0.15) is 35.5 Å². The predicted molar refractivity (Wildman–Crippen MR) is 112 cm³/mol. The van der Waals surface area contributed by atoms with E-state index in [0.717, 1.165) is 16.8 Å². The van der Waals surface area contributed by atoms with Gasteiger partial charge in [-0.2, -0.15) is 0 Å². The fourth-order valence-corrected chi connectivity index (χ4v) is 3.21. The topological polar surface area (TPSA) is 77.5 Å². The van der Waals surface area contributed by atoms with Crippen LogP contribution in [-0.2, 0) is 16.0 Å². The van der Waals surface area contributed by atoms with Crippen LogP contribution in [0.5, 0.6) is 5.75 Å². The van der Waals surface area contributed by atoms with Crippen LogP contribution >= 0.6 is 0 Å². The molecule has 150 valence electrons. The molecule has 1 amide bonds. The fraction of sp³-hybridized carbons (Fsp3) is 0.261. The summed E-state index contributed by atoms with van der Waals surface area (Å²) in [4.78, 5) is 29.8. The highest BCUT2D eigenvalue weighted by Gasteiger charge is 2.19. The zero-order valence-corrected chi connectivity index (χ0v) is 16.8. The third-order valence-corrected chi connectivity index (χ3v) is 4.57. The Labute approximate surface area is 169 Å². The van der Waals surface area contributed by atoms with Crippen LogP contribution in [0.25, 0.3) is 10.9 Å². The van der Waals surface area contributed by atoms with Gasteiger partial charge in [-0.1, -0.05) is 37.3 Å². The smallest absolute Gasteiger partial charge is 0.339 e. The molecule has 3 rings (SSSR count). The Balaban J connectivity index is 1.76. The normalized spacial score (nSPS) is 10.6. The highest BCUT2D eigenvalue weighted by molar-refractivity contribution is 6.06. The number of aromatic nitrogens is 1. The van der Waals surface area contributed by atoms with E-state index in [1.54, 1.807) is 18.2 Å². The molecule has 0 spiro atoms. The zero-order valence-electron chi connectivity index (χ0n) is 16.8. The number of aryl methyl sites for hydroxylation is 1. The monoisotopic (exact) mass is 392 g/mol. The van der Waals surface area contributed by atoms with Gasteiger partial charge in [-0.25, -0.2) is 4.79 Å². The summed E-state index contributed by atoms with van der Waals surface area (Å²) < 4.78 is 10.8. The average Bonchev–Trinajstić information content (AvgIpc) is 2.73. The van der Waals surface area contributed by atoms with Crippen molar-refractivity contribution >= 4 is 28.5 Å². The van der Waals surface area contributed by atoms with Gasteiger partial charge in [-0.05, 0) is 44.0 Å². The number of carbonyl (C=O) groups is 2. The second kappa shape index (κ2) is 9.19. The maximum atomic E-state index is 12.8. The lowest BCUT2D eigenvalue weighted by Gasteiger charge is -2.14. The minimum absolute atomic E-state index is 0.392. The van der Waals surface area contributed by atoms with E-state index in [1.165, 1.54) is 0 Å². The second-order valence-electron chi connectivity index (χ2n) is 6.48. The predicted octanol–water partition coefficient (Wildman–Crippen LogP) is 4.30. The lowest BCUT2D eigenvalue weighted by molar-refractivity contribution is -0.119. The lowest BCUT2D eigenvalue weighted by Crippen LogP contribution is -2.22. The molecule has 1 heterocycles. The summed E-state index contributed by atoms with van der Waals surface area (Å²) in [5, 5.41) is 3.44. The highest BCUT2D eigenvalue weighted by atomic mass is 16.5. The van der Waals surface area contributed by atoms with E-state index >= 15 is 0 Å². The molecule has 0 saturated carbocycles. The van der Waals surface area contributed by atoms with Crippen LogP contribution in [0.2, 0.25) is 0 Å². The van der Waals surface area contributed by atoms with Gasteiger partial charge in [-0.3, -0.25) is 9.78 Å². The van der Waals surface area contributed by atoms with E-state index in [2.05, 4.69) is 10.3 Å². The number of amides is 1. The van der Waals surface area contributed by atoms with Gasteiger partial charge in [0.2, 0.25) is 0 Å². The van der Waals surface area contributed by atoms with Crippen LogP contribution in [0.4, 0.5) is 5.69 Å². The van der Waals surface area contributed by atoms with Gasteiger partial charge in [-0.15, -0.1) is 0 Å². The molecule has 6 heteroatoms. The van der Waals surface area contributed by atoms with Crippen LogP contribution in [0.15, 0.2) is 48.5 Å². The molecule has 0 bridgehead atoms. The molecule has 0 atom stereocenters. The third kappa shape index (κ3) is 4.54. The summed E-state index contributed by atoms with van der Waals surface area (Å²) in [7, 11) is 0. The minimum atomic E-state index is -0.538. The van der Waals surface area contributed by atoms with Crippen molar-refractivity contribution in [2.24, 2.45) is 0 Å². The molecule has 3 aromatic rings. The fourth-order valence-electron chi connectivity index (χ4n) is 3.21. The molecular weight excluding hydrogens is 368 g/mol. The molecule has 6 nitrogen and oxygen atoms in total. The first-order valence-corrected chi connectivity index (χ1v) is 9.62. The summed E-state index contributed by atoms with van der Waals surface area (Å²) in [5.41, 5.74) is 3.34. The summed E-state index contributed by atoms with van der Waals surface area (Å²) >= 11 is 0. The van der Waals surface area contributed by atoms with Crippen molar-refractivity contribution in [1.29, 1.82) is 0 Å². The molecule has 1 aromatic heterocycles. The Bertz CT molecular complexity index is 1050. The van der Waals surface area contributed by atoms with Gasteiger partial charge in [0, 0.05) is 11.1 Å². The number of anilines is 1. The van der Waals surface area contributed by atoms with Crippen molar-refractivity contribution in [3.8, 4) is 5.75 Å². The maximum Gasteiger partial charge on any atom is 0.339 e. The molecule has 0 aliphatic carbocycles. The average molecular weight is 392 g/mol. The van der Waals surface area contributed by atoms with Crippen LogP contribution in [0.3, 0.4) is 0 Å². The standard InChI is InChI=1S/C23H24N2O4/c1-4-17-15(3)22(16-10-6-7-11-18(16)24-17)23(27)29-14-21(26)25-19-12-8-9-13-20(19)28-5-2/h6-13H,4-5,14H2,1-3H3,(H,25,26). The Morgan fingerprint density at radius 2 is 1.76 bits per heavy atom. The molecular formula is C23H24N2O4. The molecule has 1 N–H and O–H groups in total. The van der Waals surface area contributed by atoms with Crippen molar-refractivity contribution in [2.45, 2.75) is 27.2 Å². The van der Waals surface area contributed by atoms with Gasteiger partial charge < -0.3 is 14.8 Å². The molecule has 0 aliphatic heterocycles. The molecule has 0 unspecified atom stereocenters. The SMILES string of the molecule is CCOc1ccccc1NC(=O)COC(=O)c1c(C)c(CC)nc2ccccc12. The Morgan fingerprint density at radius 1 is 1.03 bits per heavy atom. The number of carbonyl (C=O) groups excluding carboxylic acids is 2. The van der Waals surface area contributed by atoms with Crippen LogP contribution < -0.4 is 10.1 Å². The van der Waals surface area contributed by atoms with Gasteiger partial charge in [0.1, 0.15) is 5.75 Å². The Morgan fingerprint density at radius 3 is 2.52 bits per heavy atom. The van der Waals surface area contributed by atoms with E-state index in [9.17, 15) is 9.59 Å². The van der Waals surface area contributed by atoms with Crippen LogP contribution in [-0.4, -0.2) is 30.1 Å². The summed E-state index contributed by atoms with van der Waals surface area (Å²) in [6.07, 6.45) is 0.700. The van der Waals surface area contributed by atoms with Gasteiger partial charge in [0.15, 0.2) is 6.61 Å². The summed E-state index contributed by atoms with van der Waals surface area (Å²) in [6, 6.07) is 14.5. The van der Waals surface area contributed by atoms with Gasteiger partial charge >= 0.3 is 5.97 Å². The molecule has 0 saturated heterocycles. The summed E-state index contributed by atoms with van der Waals surface area (Å²) in [6.45, 7) is 5.80. The number of nitrogens with one attached hydrogen (secondary N) is 1. The largest absolute Gasteiger partial charge is 0.492 e. The van der Waals surface area contributed by atoms with Crippen LogP contribution in [0, 0.1) is 6.92 Å². The number of rotatable bonds is 7. The Hall–Kier alpha value is -3.41. The van der Waals surface area contributed by atoms with Crippen molar-refractivity contribution in [3.63, 3.8) is 0 Å². The highest BCUT2D eigenvalue weighted by Crippen LogP contribution is 2.25. The number of ether oxygens (including phenoxy) is 2. The Kier molecular flexibility index (Phi) is 6.44. The molecule has 29 heavy (non-hydrogen) atoms. The number of hydrogen-bond donors (Lipinski definition) is 1. The number of nitrogens with zero attached hydrogens (tertiary/aromatic N) is 1. The van der Waals surface area contributed by atoms with E-state index in [1.807, 2.05) is 51.1 Å². The minimum Gasteiger partial charge on any atom is -0.492 e. The zero-order chi connectivity index (χ0) is 20.8. The van der Waals surface area contributed by atoms with Crippen molar-refractivity contribution in [2.75, 3.05) is 18.5 Å². The number of pyridine rings is 1. The number of para-hydroxylation sites is 3. The van der Waals surface area contributed by atoms with E-state index in [0.29, 0.717) is 35.4 Å². The van der Waals surface area contributed by atoms with Crippen molar-refractivity contribution < 1.29 is 19.1 Å². The number of benzene rings is 2. The van der Waals surface area contributed by atoms with E-state index in [4.69, 9.17) is 9.47 Å². The quantitative estimate of drug-likeness (QED) is 0.607. The first-order valence-electron chi connectivity index (χ1n) is 9.62. The number of esters is 1. The first kappa shape index (κ1) is 20.3. The summed E-state index contributed by atoms with van der Waals surface area (Å²) in [5.74, 6) is -0.403. The molecule has 0 aliphatic rings. The van der Waals surface area contributed by atoms with Gasteiger partial charge in [0.25, 0.3) is 5.91 Å². The van der Waals surface area contributed by atoms with Crippen molar-refractivity contribution in [3.05, 3.63) is 65.4 Å². The van der Waals surface area contributed by atoms with E-state index in [-0.39, 0.29) is 0 Å². The van der Waals surface area contributed by atoms with Gasteiger partial charge in [0.05, 0.1) is 23.4 Å². The molecule has 0 radical (unpaired) electrons. The maximum absolute atomic E-state index is 12.8. The first-order chi connectivity index (χ1) is 14.0. The molecule has 2 aromatic carbocycles.